The highest BCUT2D eigenvalue weighted by Crippen LogP contribution is 2.19. The van der Waals surface area contributed by atoms with E-state index in [9.17, 15) is 14.4 Å². The fourth-order valence-corrected chi connectivity index (χ4v) is 4.05. The molecular formula is C29H28N4O4. The zero-order valence-electron chi connectivity index (χ0n) is 20.2. The van der Waals surface area contributed by atoms with Gasteiger partial charge in [-0.3, -0.25) is 20.1 Å². The molecule has 4 amide bonds. The number of carbonyl (C=O) groups is 3. The number of para-hydroxylation sites is 1. The average molecular weight is 497 g/mol. The molecule has 4 N–H and O–H groups in total. The minimum absolute atomic E-state index is 0.308. The second-order valence-electron chi connectivity index (χ2n) is 8.56. The predicted octanol–water partition coefficient (Wildman–Crippen LogP) is 4.67. The van der Waals surface area contributed by atoms with Crippen LogP contribution in [-0.4, -0.2) is 39.5 Å². The summed E-state index contributed by atoms with van der Waals surface area (Å²) in [5.74, 6) is -1.07. The number of nitrogens with one attached hydrogen (secondary N) is 3. The molecular weight excluding hydrogens is 468 g/mol. The Hall–Kier alpha value is -4.69. The molecule has 8 heteroatoms. The van der Waals surface area contributed by atoms with Crippen LogP contribution in [0.15, 0.2) is 91.1 Å². The lowest BCUT2D eigenvalue weighted by atomic mass is 10.1. The molecule has 37 heavy (non-hydrogen) atoms. The summed E-state index contributed by atoms with van der Waals surface area (Å²) in [7, 11) is 0. The number of aromatic amines is 1. The fraction of sp³-hybridized carbons (Fsp3) is 0.138. The first-order chi connectivity index (χ1) is 18.0. The molecule has 0 bridgehead atoms. The molecule has 0 atom stereocenters. The number of fused-ring (bicyclic) bond motifs is 1. The first kappa shape index (κ1) is 25.4. The summed E-state index contributed by atoms with van der Waals surface area (Å²) in [6.45, 7) is 0.759. The highest BCUT2D eigenvalue weighted by molar-refractivity contribution is 6.04. The molecule has 188 valence electrons. The number of hydrogen-bond donors (Lipinski definition) is 4. The maximum atomic E-state index is 13.1. The first-order valence-electron chi connectivity index (χ1n) is 11.9. The van der Waals surface area contributed by atoms with Crippen molar-refractivity contribution in [3.63, 3.8) is 0 Å². The van der Waals surface area contributed by atoms with Crippen LogP contribution in [0, 0.1) is 0 Å². The molecule has 0 aliphatic heterocycles. The minimum Gasteiger partial charge on any atom is -0.361 e. The largest absolute Gasteiger partial charge is 0.361 e. The molecule has 0 spiro atoms. The summed E-state index contributed by atoms with van der Waals surface area (Å²) >= 11 is 0. The third-order valence-electron chi connectivity index (χ3n) is 5.98. The number of urea groups is 1. The summed E-state index contributed by atoms with van der Waals surface area (Å²) < 4.78 is 0. The Morgan fingerprint density at radius 3 is 2.41 bits per heavy atom. The van der Waals surface area contributed by atoms with Gasteiger partial charge in [0.1, 0.15) is 0 Å². The number of carbonyl (C=O) groups excluding carboxylic acids is 3. The van der Waals surface area contributed by atoms with Gasteiger partial charge in [-0.05, 0) is 53.8 Å². The van der Waals surface area contributed by atoms with Crippen molar-refractivity contribution in [2.75, 3.05) is 6.54 Å². The van der Waals surface area contributed by atoms with Crippen molar-refractivity contribution >= 4 is 34.8 Å². The van der Waals surface area contributed by atoms with Gasteiger partial charge in [0.2, 0.25) is 0 Å². The first-order valence-corrected chi connectivity index (χ1v) is 11.9. The van der Waals surface area contributed by atoms with E-state index in [-0.39, 0.29) is 0 Å². The van der Waals surface area contributed by atoms with Crippen LogP contribution in [0.1, 0.15) is 33.5 Å². The Bertz CT molecular complexity index is 1390. The van der Waals surface area contributed by atoms with Crippen LogP contribution in [0.25, 0.3) is 17.0 Å². The van der Waals surface area contributed by atoms with Gasteiger partial charge in [-0.1, -0.05) is 60.7 Å². The SMILES string of the molecule is O=C(/C=C/c1ccc(CN(CCCc2c[nH]c3ccccc23)C(=O)NC(=O)c2ccccc2)cc1)NO. The highest BCUT2D eigenvalue weighted by Gasteiger charge is 2.18. The van der Waals surface area contributed by atoms with Gasteiger partial charge >= 0.3 is 6.03 Å². The molecule has 0 radical (unpaired) electrons. The third kappa shape index (κ3) is 6.93. The van der Waals surface area contributed by atoms with Crippen molar-refractivity contribution in [2.24, 2.45) is 0 Å². The molecule has 0 saturated heterocycles. The average Bonchev–Trinajstić information content (AvgIpc) is 3.35. The number of aromatic nitrogens is 1. The molecule has 4 aromatic rings. The summed E-state index contributed by atoms with van der Waals surface area (Å²) in [5, 5.41) is 12.3. The zero-order valence-corrected chi connectivity index (χ0v) is 20.2. The normalized spacial score (nSPS) is 10.9. The topological polar surface area (TPSA) is 115 Å². The van der Waals surface area contributed by atoms with Crippen molar-refractivity contribution in [3.8, 4) is 0 Å². The summed E-state index contributed by atoms with van der Waals surface area (Å²) in [6.07, 6.45) is 6.27. The van der Waals surface area contributed by atoms with Gasteiger partial charge in [0.15, 0.2) is 0 Å². The lowest BCUT2D eigenvalue weighted by Crippen LogP contribution is -2.43. The standard InChI is InChI=1S/C29H28N4O4/c34-27(32-37)17-16-21-12-14-22(15-13-21)20-33(29(36)31-28(35)23-7-2-1-3-8-23)18-6-9-24-19-30-26-11-5-4-10-25(24)26/h1-5,7-8,10-17,19,30,37H,6,9,18,20H2,(H,32,34)(H,31,35,36)/b17-16+. The van der Waals surface area contributed by atoms with Crippen LogP contribution in [0.5, 0.6) is 0 Å². The van der Waals surface area contributed by atoms with Crippen LogP contribution in [-0.2, 0) is 17.8 Å². The van der Waals surface area contributed by atoms with E-state index in [4.69, 9.17) is 5.21 Å². The Morgan fingerprint density at radius 1 is 0.919 bits per heavy atom. The van der Waals surface area contributed by atoms with E-state index in [0.717, 1.165) is 28.5 Å². The van der Waals surface area contributed by atoms with Crippen LogP contribution >= 0.6 is 0 Å². The number of benzene rings is 3. The molecule has 1 aromatic heterocycles. The number of amides is 4. The van der Waals surface area contributed by atoms with Gasteiger partial charge in [-0.2, -0.15) is 0 Å². The van der Waals surface area contributed by atoms with E-state index in [0.29, 0.717) is 25.1 Å². The maximum Gasteiger partial charge on any atom is 0.324 e. The minimum atomic E-state index is -0.620. The zero-order chi connectivity index (χ0) is 26.0. The molecule has 3 aromatic carbocycles. The third-order valence-corrected chi connectivity index (χ3v) is 5.98. The number of imide groups is 1. The Labute approximate surface area is 214 Å². The Morgan fingerprint density at radius 2 is 1.65 bits per heavy atom. The molecule has 1 heterocycles. The molecule has 0 aliphatic carbocycles. The van der Waals surface area contributed by atoms with Crippen molar-refractivity contribution < 1.29 is 19.6 Å². The number of hydroxylamine groups is 1. The molecule has 0 unspecified atom stereocenters. The van der Waals surface area contributed by atoms with Crippen LogP contribution < -0.4 is 10.8 Å². The van der Waals surface area contributed by atoms with E-state index < -0.39 is 17.8 Å². The monoisotopic (exact) mass is 496 g/mol. The molecule has 0 fully saturated rings. The van der Waals surface area contributed by atoms with Gasteiger partial charge in [0, 0.05) is 41.8 Å². The van der Waals surface area contributed by atoms with Crippen LogP contribution in [0.4, 0.5) is 4.79 Å². The van der Waals surface area contributed by atoms with Crippen LogP contribution in [0.3, 0.4) is 0 Å². The van der Waals surface area contributed by atoms with Gasteiger partial charge < -0.3 is 9.88 Å². The number of nitrogens with zero attached hydrogens (tertiary/aromatic N) is 1. The second kappa shape index (κ2) is 12.3. The molecule has 4 rings (SSSR count). The number of rotatable bonds is 9. The summed E-state index contributed by atoms with van der Waals surface area (Å²) in [5.41, 5.74) is 5.85. The summed E-state index contributed by atoms with van der Waals surface area (Å²) in [4.78, 5) is 41.8. The second-order valence-corrected chi connectivity index (χ2v) is 8.56. The van der Waals surface area contributed by atoms with Crippen LogP contribution in [0.2, 0.25) is 0 Å². The van der Waals surface area contributed by atoms with Crippen molar-refractivity contribution in [2.45, 2.75) is 19.4 Å². The molecule has 8 nitrogen and oxygen atoms in total. The number of hydrogen-bond acceptors (Lipinski definition) is 4. The van der Waals surface area contributed by atoms with E-state index >= 15 is 0 Å². The number of aryl methyl sites for hydroxylation is 1. The van der Waals surface area contributed by atoms with E-state index in [1.165, 1.54) is 11.6 Å². The van der Waals surface area contributed by atoms with Gasteiger partial charge in [-0.15, -0.1) is 0 Å². The Balaban J connectivity index is 1.44. The predicted molar refractivity (Wildman–Crippen MR) is 142 cm³/mol. The fourth-order valence-electron chi connectivity index (χ4n) is 4.05. The van der Waals surface area contributed by atoms with Gasteiger partial charge in [-0.25, -0.2) is 10.3 Å². The van der Waals surface area contributed by atoms with Crippen molar-refractivity contribution in [1.82, 2.24) is 20.7 Å². The van der Waals surface area contributed by atoms with E-state index in [1.54, 1.807) is 40.7 Å². The molecule has 0 saturated carbocycles. The van der Waals surface area contributed by atoms with Crippen molar-refractivity contribution in [1.29, 1.82) is 0 Å². The van der Waals surface area contributed by atoms with Crippen molar-refractivity contribution in [3.05, 3.63) is 113 Å². The lowest BCUT2D eigenvalue weighted by molar-refractivity contribution is -0.124. The van der Waals surface area contributed by atoms with Gasteiger partial charge in [0.25, 0.3) is 11.8 Å². The highest BCUT2D eigenvalue weighted by atomic mass is 16.5. The maximum absolute atomic E-state index is 13.1. The van der Waals surface area contributed by atoms with E-state index in [1.807, 2.05) is 54.7 Å². The molecule has 0 aliphatic rings. The quantitative estimate of drug-likeness (QED) is 0.153. The number of H-pyrrole nitrogens is 1. The van der Waals surface area contributed by atoms with Gasteiger partial charge in [0.05, 0.1) is 0 Å². The Kier molecular flexibility index (Phi) is 8.46. The van der Waals surface area contributed by atoms with E-state index in [2.05, 4.69) is 16.4 Å². The smallest absolute Gasteiger partial charge is 0.324 e. The lowest BCUT2D eigenvalue weighted by Gasteiger charge is -2.23. The summed E-state index contributed by atoms with van der Waals surface area (Å²) in [6, 6.07) is 23.6.